The van der Waals surface area contributed by atoms with Crippen LogP contribution < -0.4 is 10.9 Å². The second-order valence-corrected chi connectivity index (χ2v) is 10.7. The Labute approximate surface area is 225 Å². The van der Waals surface area contributed by atoms with Crippen molar-refractivity contribution in [2.24, 2.45) is 11.3 Å². The standard InChI is InChI=1S/C31H29FN4O3/c1-31-17-21-18-33-36(25-11-9-24(32)10-12-25)27(21)16-23(31)8-7-22(31)15-26(19-5-3-2-4-6-19)34-30(39)20-13-28(37)35-29(38)14-20/h2-6,9-14,16,18,22,26H,7-8,15,17H2,1H3,(H,34,39)(H2,35,37,38)/t22-,26?,31-/m1/s1. The number of allylic oxidation sites excluding steroid dienone is 1. The Hall–Kier alpha value is -4.46. The number of benzene rings is 2. The fourth-order valence-corrected chi connectivity index (χ4v) is 6.25. The van der Waals surface area contributed by atoms with Gasteiger partial charge in [-0.2, -0.15) is 5.10 Å². The molecule has 0 bridgehead atoms. The van der Waals surface area contributed by atoms with E-state index in [9.17, 15) is 19.1 Å². The summed E-state index contributed by atoms with van der Waals surface area (Å²) in [5.41, 5.74) is 4.85. The summed E-state index contributed by atoms with van der Waals surface area (Å²) in [5.74, 6) is -0.735. The zero-order valence-corrected chi connectivity index (χ0v) is 21.5. The van der Waals surface area contributed by atoms with Crippen LogP contribution in [0.3, 0.4) is 0 Å². The van der Waals surface area contributed by atoms with E-state index in [0.29, 0.717) is 5.92 Å². The average Bonchev–Trinajstić information content (AvgIpc) is 3.46. The number of carbonyl (C=O) groups excluding carboxylic acids is 1. The molecule has 1 unspecified atom stereocenters. The minimum atomic E-state index is -0.534. The van der Waals surface area contributed by atoms with Gasteiger partial charge in [0.2, 0.25) is 0 Å². The molecule has 3 atom stereocenters. The molecule has 2 aliphatic carbocycles. The number of rotatable bonds is 6. The van der Waals surface area contributed by atoms with E-state index in [4.69, 9.17) is 0 Å². The number of amides is 1. The lowest BCUT2D eigenvalue weighted by Crippen LogP contribution is -2.35. The Morgan fingerprint density at radius 2 is 1.97 bits per heavy atom. The molecule has 0 radical (unpaired) electrons. The largest absolute Gasteiger partial charge is 0.494 e. The van der Waals surface area contributed by atoms with Crippen LogP contribution in [0.2, 0.25) is 0 Å². The molecule has 6 rings (SSSR count). The quantitative estimate of drug-likeness (QED) is 0.318. The van der Waals surface area contributed by atoms with E-state index in [1.807, 2.05) is 41.2 Å². The van der Waals surface area contributed by atoms with Crippen molar-refractivity contribution in [2.75, 3.05) is 0 Å². The van der Waals surface area contributed by atoms with Crippen LogP contribution in [0.25, 0.3) is 11.8 Å². The van der Waals surface area contributed by atoms with Gasteiger partial charge < -0.3 is 10.4 Å². The lowest BCUT2D eigenvalue weighted by Gasteiger charge is -2.37. The molecule has 4 aromatic rings. The molecule has 2 aromatic heterocycles. The molecule has 1 saturated carbocycles. The Balaban J connectivity index is 1.28. The summed E-state index contributed by atoms with van der Waals surface area (Å²) < 4.78 is 15.4. The molecule has 39 heavy (non-hydrogen) atoms. The van der Waals surface area contributed by atoms with Gasteiger partial charge in [-0.3, -0.25) is 14.6 Å². The number of aromatic amines is 1. The Morgan fingerprint density at radius 1 is 1.21 bits per heavy atom. The number of fused-ring (bicyclic) bond motifs is 2. The fourth-order valence-electron chi connectivity index (χ4n) is 6.25. The molecule has 0 saturated heterocycles. The predicted octanol–water partition coefficient (Wildman–Crippen LogP) is 5.32. The SMILES string of the molecule is C[C@]12Cc3cnn(-c4ccc(F)cc4)c3C=C1CC[C@@H]2CC(NC(=O)c1cc(O)[nH]c(=O)c1)c1ccccc1. The minimum Gasteiger partial charge on any atom is -0.494 e. The van der Waals surface area contributed by atoms with Gasteiger partial charge >= 0.3 is 0 Å². The molecule has 3 N–H and O–H groups in total. The van der Waals surface area contributed by atoms with Crippen molar-refractivity contribution in [3.05, 3.63) is 117 Å². The predicted molar refractivity (Wildman–Crippen MR) is 146 cm³/mol. The van der Waals surface area contributed by atoms with Crippen molar-refractivity contribution in [3.63, 3.8) is 0 Å². The molecule has 1 fully saturated rings. The van der Waals surface area contributed by atoms with Crippen LogP contribution in [-0.2, 0) is 6.42 Å². The van der Waals surface area contributed by atoms with E-state index in [2.05, 4.69) is 28.4 Å². The topological polar surface area (TPSA) is 100 Å². The van der Waals surface area contributed by atoms with Gasteiger partial charge in [-0.1, -0.05) is 42.8 Å². The number of aromatic nitrogens is 3. The number of nitrogens with one attached hydrogen (secondary N) is 2. The summed E-state index contributed by atoms with van der Waals surface area (Å²) >= 11 is 0. The summed E-state index contributed by atoms with van der Waals surface area (Å²) in [6.45, 7) is 2.30. The first-order chi connectivity index (χ1) is 18.8. The van der Waals surface area contributed by atoms with Crippen molar-refractivity contribution in [3.8, 4) is 11.6 Å². The first-order valence-electron chi connectivity index (χ1n) is 13.1. The third-order valence-corrected chi connectivity index (χ3v) is 8.34. The summed E-state index contributed by atoms with van der Waals surface area (Å²) in [7, 11) is 0. The van der Waals surface area contributed by atoms with Crippen molar-refractivity contribution >= 4 is 12.0 Å². The number of halogens is 1. The van der Waals surface area contributed by atoms with Gasteiger partial charge in [0, 0.05) is 12.1 Å². The normalized spacial score (nSPS) is 20.6. The first kappa shape index (κ1) is 24.9. The lowest BCUT2D eigenvalue weighted by molar-refractivity contribution is 0.0922. The van der Waals surface area contributed by atoms with Crippen LogP contribution in [0.15, 0.2) is 83.3 Å². The molecule has 7 nitrogen and oxygen atoms in total. The molecule has 0 aliphatic heterocycles. The molecular weight excluding hydrogens is 495 g/mol. The molecule has 1 amide bonds. The monoisotopic (exact) mass is 524 g/mol. The molecule has 198 valence electrons. The van der Waals surface area contributed by atoms with Crippen molar-refractivity contribution in [1.82, 2.24) is 20.1 Å². The second-order valence-electron chi connectivity index (χ2n) is 10.7. The van der Waals surface area contributed by atoms with E-state index in [-0.39, 0.29) is 28.7 Å². The van der Waals surface area contributed by atoms with Gasteiger partial charge in [0.25, 0.3) is 11.5 Å². The van der Waals surface area contributed by atoms with Gasteiger partial charge in [-0.25, -0.2) is 9.07 Å². The maximum absolute atomic E-state index is 13.5. The average molecular weight is 525 g/mol. The van der Waals surface area contributed by atoms with E-state index in [1.54, 1.807) is 12.1 Å². The van der Waals surface area contributed by atoms with Gasteiger partial charge in [0.15, 0.2) is 5.88 Å². The fraction of sp³-hybridized carbons (Fsp3) is 0.258. The minimum absolute atomic E-state index is 0.0937. The molecule has 2 aliphatic rings. The van der Waals surface area contributed by atoms with Crippen LogP contribution in [0.5, 0.6) is 5.88 Å². The molecule has 0 spiro atoms. The van der Waals surface area contributed by atoms with Gasteiger partial charge in [0.05, 0.1) is 29.2 Å². The Morgan fingerprint density at radius 3 is 2.72 bits per heavy atom. The number of hydrogen-bond acceptors (Lipinski definition) is 4. The molecule has 2 heterocycles. The van der Waals surface area contributed by atoms with Crippen molar-refractivity contribution < 1.29 is 14.3 Å². The van der Waals surface area contributed by atoms with E-state index in [1.165, 1.54) is 29.8 Å². The lowest BCUT2D eigenvalue weighted by atomic mass is 9.68. The highest BCUT2D eigenvalue weighted by molar-refractivity contribution is 5.94. The van der Waals surface area contributed by atoms with Crippen molar-refractivity contribution in [2.45, 2.75) is 38.6 Å². The number of pyridine rings is 1. The van der Waals surface area contributed by atoms with Gasteiger partial charge in [-0.15, -0.1) is 0 Å². The Bertz CT molecular complexity index is 1620. The zero-order valence-electron chi connectivity index (χ0n) is 21.5. The van der Waals surface area contributed by atoms with Crippen LogP contribution in [0.4, 0.5) is 4.39 Å². The van der Waals surface area contributed by atoms with Crippen LogP contribution in [0.1, 0.15) is 59.4 Å². The third kappa shape index (κ3) is 4.67. The number of aromatic hydroxyl groups is 1. The summed E-state index contributed by atoms with van der Waals surface area (Å²) in [6, 6.07) is 18.4. The highest BCUT2D eigenvalue weighted by Crippen LogP contribution is 2.55. The summed E-state index contributed by atoms with van der Waals surface area (Å²) in [4.78, 5) is 27.3. The highest BCUT2D eigenvalue weighted by atomic mass is 19.1. The van der Waals surface area contributed by atoms with Crippen LogP contribution in [0, 0.1) is 17.2 Å². The third-order valence-electron chi connectivity index (χ3n) is 8.34. The number of carbonyl (C=O) groups is 1. The molecule has 8 heteroatoms. The van der Waals surface area contributed by atoms with Crippen molar-refractivity contribution in [1.29, 1.82) is 0 Å². The molecule has 2 aromatic carbocycles. The van der Waals surface area contributed by atoms with E-state index >= 15 is 0 Å². The maximum atomic E-state index is 13.5. The summed E-state index contributed by atoms with van der Waals surface area (Å²) in [5, 5.41) is 17.5. The number of nitrogens with zero attached hydrogens (tertiary/aromatic N) is 2. The number of H-pyrrole nitrogens is 1. The molecular formula is C31H29FN4O3. The van der Waals surface area contributed by atoms with Gasteiger partial charge in [-0.05, 0) is 78.5 Å². The van der Waals surface area contributed by atoms with Crippen LogP contribution in [-0.4, -0.2) is 25.8 Å². The Kier molecular flexibility index (Phi) is 6.17. The smallest absolute Gasteiger partial charge is 0.252 e. The van der Waals surface area contributed by atoms with Gasteiger partial charge in [0.1, 0.15) is 5.82 Å². The summed E-state index contributed by atoms with van der Waals surface area (Å²) in [6.07, 6.45) is 7.64. The highest BCUT2D eigenvalue weighted by Gasteiger charge is 2.46. The maximum Gasteiger partial charge on any atom is 0.252 e. The van der Waals surface area contributed by atoms with E-state index in [0.717, 1.165) is 48.2 Å². The van der Waals surface area contributed by atoms with E-state index < -0.39 is 11.5 Å². The number of hydrogen-bond donors (Lipinski definition) is 3. The van der Waals surface area contributed by atoms with Crippen LogP contribution >= 0.6 is 0 Å². The zero-order chi connectivity index (χ0) is 27.1. The second kappa shape index (κ2) is 9.69. The first-order valence-corrected chi connectivity index (χ1v) is 13.1.